The van der Waals surface area contributed by atoms with Gasteiger partial charge < -0.3 is 9.64 Å². The van der Waals surface area contributed by atoms with Gasteiger partial charge in [0.25, 0.3) is 5.91 Å². The van der Waals surface area contributed by atoms with Crippen LogP contribution in [0.2, 0.25) is 0 Å². The van der Waals surface area contributed by atoms with E-state index in [9.17, 15) is 18.0 Å². The van der Waals surface area contributed by atoms with Crippen LogP contribution in [0.3, 0.4) is 0 Å². The van der Waals surface area contributed by atoms with Crippen LogP contribution in [0.15, 0.2) is 36.5 Å². The predicted molar refractivity (Wildman–Crippen MR) is 105 cm³/mol. The van der Waals surface area contributed by atoms with E-state index in [1.54, 1.807) is 24.4 Å². The Labute approximate surface area is 168 Å². The maximum atomic E-state index is 12.8. The van der Waals surface area contributed by atoms with Gasteiger partial charge in [0, 0.05) is 19.3 Å². The van der Waals surface area contributed by atoms with E-state index < -0.39 is 12.8 Å². The van der Waals surface area contributed by atoms with Crippen LogP contribution in [0.5, 0.6) is 5.75 Å². The molecule has 3 aromatic rings. The van der Waals surface area contributed by atoms with E-state index in [1.165, 1.54) is 23.5 Å². The molecule has 1 aliphatic heterocycles. The fourth-order valence-electron chi connectivity index (χ4n) is 3.13. The molecule has 0 atom stereocenters. The Bertz CT molecular complexity index is 1030. The first kappa shape index (κ1) is 19.4. The van der Waals surface area contributed by atoms with E-state index in [2.05, 4.69) is 20.2 Å². The monoisotopic (exact) mass is 422 g/mol. The maximum absolute atomic E-state index is 12.8. The number of pyridine rings is 1. The van der Waals surface area contributed by atoms with E-state index in [4.69, 9.17) is 4.74 Å². The summed E-state index contributed by atoms with van der Waals surface area (Å²) in [6, 6.07) is 7.89. The van der Waals surface area contributed by atoms with Crippen LogP contribution < -0.4 is 15.0 Å². The summed E-state index contributed by atoms with van der Waals surface area (Å²) >= 11 is 1.17. The molecule has 0 bridgehead atoms. The van der Waals surface area contributed by atoms with Gasteiger partial charge in [-0.15, -0.1) is 0 Å². The first-order valence-corrected chi connectivity index (χ1v) is 9.82. The second kappa shape index (κ2) is 7.86. The molecule has 1 aromatic carbocycles. The number of hydrogen-bond donors (Lipinski definition) is 1. The first-order chi connectivity index (χ1) is 13.9. The van der Waals surface area contributed by atoms with Crippen molar-refractivity contribution < 1.29 is 22.7 Å². The van der Waals surface area contributed by atoms with E-state index in [-0.39, 0.29) is 11.7 Å². The predicted octanol–water partition coefficient (Wildman–Crippen LogP) is 4.48. The van der Waals surface area contributed by atoms with Crippen molar-refractivity contribution in [1.82, 2.24) is 9.97 Å². The number of nitrogens with one attached hydrogen (secondary N) is 1. The van der Waals surface area contributed by atoms with Gasteiger partial charge in [-0.05, 0) is 43.2 Å². The lowest BCUT2D eigenvalue weighted by molar-refractivity contribution is -0.153. The third kappa shape index (κ3) is 4.58. The van der Waals surface area contributed by atoms with Gasteiger partial charge in [0.15, 0.2) is 11.7 Å². The number of aromatic nitrogens is 2. The van der Waals surface area contributed by atoms with Crippen LogP contribution in [0.4, 0.5) is 24.1 Å². The zero-order chi connectivity index (χ0) is 20.4. The molecule has 1 fully saturated rings. The van der Waals surface area contributed by atoms with Crippen molar-refractivity contribution >= 4 is 38.4 Å². The van der Waals surface area contributed by atoms with Crippen molar-refractivity contribution in [1.29, 1.82) is 0 Å². The summed E-state index contributed by atoms with van der Waals surface area (Å²) in [6.07, 6.45) is -0.619. The van der Waals surface area contributed by atoms with Gasteiger partial charge in [-0.3, -0.25) is 10.1 Å². The van der Waals surface area contributed by atoms with Gasteiger partial charge >= 0.3 is 6.18 Å². The van der Waals surface area contributed by atoms with Gasteiger partial charge in [0.2, 0.25) is 0 Å². The summed E-state index contributed by atoms with van der Waals surface area (Å²) in [5, 5.41) is 3.12. The van der Waals surface area contributed by atoms with Crippen molar-refractivity contribution in [2.45, 2.75) is 19.0 Å². The largest absolute Gasteiger partial charge is 0.484 e. The Hall–Kier alpha value is -2.88. The molecule has 29 heavy (non-hydrogen) atoms. The Morgan fingerprint density at radius 2 is 2.03 bits per heavy atom. The molecule has 1 aliphatic rings. The average Bonchev–Trinajstić information content (AvgIpc) is 3.35. The summed E-state index contributed by atoms with van der Waals surface area (Å²) in [5.41, 5.74) is 1.03. The third-order valence-corrected chi connectivity index (χ3v) is 5.35. The van der Waals surface area contributed by atoms with Gasteiger partial charge in [0.05, 0.1) is 15.8 Å². The molecular formula is C19H17F3N4O2S. The molecule has 6 nitrogen and oxygen atoms in total. The molecule has 152 valence electrons. The van der Waals surface area contributed by atoms with E-state index >= 15 is 0 Å². The SMILES string of the molecule is O=C(Nc1nc2ccc(OCC(F)(F)F)cc2s1)c1cccnc1N1CCCC1. The molecule has 0 aliphatic carbocycles. The third-order valence-electron chi connectivity index (χ3n) is 4.42. The lowest BCUT2D eigenvalue weighted by atomic mass is 10.2. The highest BCUT2D eigenvalue weighted by Crippen LogP contribution is 2.31. The number of benzene rings is 1. The second-order valence-electron chi connectivity index (χ2n) is 6.58. The van der Waals surface area contributed by atoms with Crippen LogP contribution in [0, 0.1) is 0 Å². The number of ether oxygens (including phenoxy) is 1. The number of anilines is 2. The standard InChI is InChI=1S/C19H17F3N4O2S/c20-19(21,22)11-28-12-5-6-14-15(10-12)29-18(24-14)25-17(27)13-4-3-7-23-16(13)26-8-1-2-9-26/h3-7,10H,1-2,8-9,11H2,(H,24,25,27). The maximum Gasteiger partial charge on any atom is 0.422 e. The Morgan fingerprint density at radius 1 is 1.24 bits per heavy atom. The molecule has 0 spiro atoms. The Morgan fingerprint density at radius 3 is 2.79 bits per heavy atom. The fraction of sp³-hybridized carbons (Fsp3) is 0.316. The van der Waals surface area contributed by atoms with Crippen LogP contribution in [-0.2, 0) is 0 Å². The lowest BCUT2D eigenvalue weighted by Gasteiger charge is -2.18. The Kier molecular flexibility index (Phi) is 5.27. The highest BCUT2D eigenvalue weighted by Gasteiger charge is 2.28. The van der Waals surface area contributed by atoms with Crippen molar-refractivity contribution in [3.63, 3.8) is 0 Å². The van der Waals surface area contributed by atoms with Gasteiger partial charge in [-0.2, -0.15) is 13.2 Å². The zero-order valence-corrected chi connectivity index (χ0v) is 16.0. The van der Waals surface area contributed by atoms with Gasteiger partial charge in [-0.1, -0.05) is 11.3 Å². The van der Waals surface area contributed by atoms with E-state index in [0.29, 0.717) is 26.7 Å². The highest BCUT2D eigenvalue weighted by molar-refractivity contribution is 7.22. The van der Waals surface area contributed by atoms with Crippen LogP contribution >= 0.6 is 11.3 Å². The first-order valence-electron chi connectivity index (χ1n) is 9.00. The number of thiazole rings is 1. The summed E-state index contributed by atoms with van der Waals surface area (Å²) < 4.78 is 42.3. The van der Waals surface area contributed by atoms with Crippen LogP contribution in [-0.4, -0.2) is 41.7 Å². The zero-order valence-electron chi connectivity index (χ0n) is 15.2. The number of alkyl halides is 3. The molecule has 0 saturated carbocycles. The quantitative estimate of drug-likeness (QED) is 0.657. The molecular weight excluding hydrogens is 405 g/mol. The molecule has 2 aromatic heterocycles. The highest BCUT2D eigenvalue weighted by atomic mass is 32.1. The molecule has 0 unspecified atom stereocenters. The number of hydrogen-bond acceptors (Lipinski definition) is 6. The second-order valence-corrected chi connectivity index (χ2v) is 7.61. The van der Waals surface area contributed by atoms with E-state index in [0.717, 1.165) is 25.9 Å². The van der Waals surface area contributed by atoms with Crippen LogP contribution in [0.25, 0.3) is 10.2 Å². The molecule has 1 saturated heterocycles. The summed E-state index contributed by atoms with van der Waals surface area (Å²) in [4.78, 5) is 23.6. The van der Waals surface area contributed by atoms with Crippen molar-refractivity contribution in [3.05, 3.63) is 42.1 Å². The average molecular weight is 422 g/mol. The smallest absolute Gasteiger partial charge is 0.422 e. The number of fused-ring (bicyclic) bond motifs is 1. The normalized spacial score (nSPS) is 14.4. The number of carbonyl (C=O) groups is 1. The number of halogens is 3. The van der Waals surface area contributed by atoms with E-state index in [1.807, 2.05) is 0 Å². The summed E-state index contributed by atoms with van der Waals surface area (Å²) in [5.74, 6) is 0.416. The molecule has 1 amide bonds. The number of amides is 1. The molecule has 10 heteroatoms. The number of carbonyl (C=O) groups excluding carboxylic acids is 1. The van der Waals surface area contributed by atoms with Crippen LogP contribution in [0.1, 0.15) is 23.2 Å². The van der Waals surface area contributed by atoms with Crippen molar-refractivity contribution in [3.8, 4) is 5.75 Å². The summed E-state index contributed by atoms with van der Waals surface area (Å²) in [7, 11) is 0. The molecule has 1 N–H and O–H groups in total. The topological polar surface area (TPSA) is 67.3 Å². The minimum absolute atomic E-state index is 0.0972. The number of nitrogens with zero attached hydrogens (tertiary/aromatic N) is 3. The Balaban J connectivity index is 1.51. The summed E-state index contributed by atoms with van der Waals surface area (Å²) in [6.45, 7) is 0.361. The fourth-order valence-corrected chi connectivity index (χ4v) is 4.02. The van der Waals surface area contributed by atoms with Crippen molar-refractivity contribution in [2.24, 2.45) is 0 Å². The minimum atomic E-state index is -4.40. The lowest BCUT2D eigenvalue weighted by Crippen LogP contribution is -2.24. The van der Waals surface area contributed by atoms with Gasteiger partial charge in [0.1, 0.15) is 11.6 Å². The molecule has 3 heterocycles. The number of rotatable bonds is 5. The molecule has 4 rings (SSSR count). The minimum Gasteiger partial charge on any atom is -0.484 e. The van der Waals surface area contributed by atoms with Crippen molar-refractivity contribution in [2.75, 3.05) is 29.9 Å². The van der Waals surface area contributed by atoms with Gasteiger partial charge in [-0.25, -0.2) is 9.97 Å². The molecule has 0 radical (unpaired) electrons.